The van der Waals surface area contributed by atoms with Crippen molar-refractivity contribution in [3.8, 4) is 11.4 Å². The zero-order chi connectivity index (χ0) is 19.6. The zero-order valence-corrected chi connectivity index (χ0v) is 17.4. The Bertz CT molecular complexity index is 1000. The van der Waals surface area contributed by atoms with E-state index in [0.717, 1.165) is 16.8 Å². The molecule has 0 atom stereocenters. The number of carbonyl (C=O) groups excluding carboxylic acids is 1. The van der Waals surface area contributed by atoms with Crippen molar-refractivity contribution in [2.45, 2.75) is 19.0 Å². The van der Waals surface area contributed by atoms with Crippen molar-refractivity contribution in [1.82, 2.24) is 14.8 Å². The minimum atomic E-state index is -0.0951. The van der Waals surface area contributed by atoms with Crippen molar-refractivity contribution in [3.63, 3.8) is 0 Å². The molecule has 0 aliphatic carbocycles. The van der Waals surface area contributed by atoms with E-state index >= 15 is 0 Å². The van der Waals surface area contributed by atoms with Gasteiger partial charge in [-0.3, -0.25) is 4.79 Å². The molecule has 1 N–H and O–H groups in total. The molecule has 0 saturated heterocycles. The van der Waals surface area contributed by atoms with Crippen LogP contribution >= 0.6 is 35.0 Å². The molecule has 0 fully saturated rings. The Kier molecular flexibility index (Phi) is 6.09. The van der Waals surface area contributed by atoms with Gasteiger partial charge in [-0.1, -0.05) is 41.0 Å². The van der Waals surface area contributed by atoms with Crippen LogP contribution < -0.4 is 5.32 Å². The lowest BCUT2D eigenvalue weighted by molar-refractivity contribution is -0.113. The monoisotopic (exact) mass is 420 g/mol. The Morgan fingerprint density at radius 3 is 2.56 bits per heavy atom. The maximum absolute atomic E-state index is 12.2. The summed E-state index contributed by atoms with van der Waals surface area (Å²) in [5.41, 5.74) is 3.93. The number of halogens is 2. The molecule has 2 aromatic carbocycles. The number of rotatable bonds is 5. The van der Waals surface area contributed by atoms with Crippen LogP contribution in [0.2, 0.25) is 10.0 Å². The van der Waals surface area contributed by atoms with E-state index < -0.39 is 0 Å². The fourth-order valence-electron chi connectivity index (χ4n) is 2.47. The molecule has 3 rings (SSSR count). The van der Waals surface area contributed by atoms with Crippen molar-refractivity contribution in [3.05, 3.63) is 57.6 Å². The number of aromatic nitrogens is 3. The van der Waals surface area contributed by atoms with Crippen LogP contribution in [-0.2, 0) is 11.8 Å². The van der Waals surface area contributed by atoms with E-state index in [-0.39, 0.29) is 11.7 Å². The third-order valence-corrected chi connectivity index (χ3v) is 5.89. The van der Waals surface area contributed by atoms with Crippen LogP contribution in [0.25, 0.3) is 11.4 Å². The summed E-state index contributed by atoms with van der Waals surface area (Å²) < 4.78 is 1.83. The number of carbonyl (C=O) groups is 1. The number of thioether (sulfide) groups is 1. The van der Waals surface area contributed by atoms with Gasteiger partial charge in [0.1, 0.15) is 0 Å². The number of benzene rings is 2. The predicted molar refractivity (Wildman–Crippen MR) is 112 cm³/mol. The van der Waals surface area contributed by atoms with E-state index in [0.29, 0.717) is 21.0 Å². The SMILES string of the molecule is Cc1ccc(NC(=O)CSc2nnc(-c3ccc(Cl)c(Cl)c3)n2C)cc1C. The smallest absolute Gasteiger partial charge is 0.234 e. The first kappa shape index (κ1) is 19.7. The van der Waals surface area contributed by atoms with Crippen LogP contribution in [0.15, 0.2) is 41.6 Å². The number of aryl methyl sites for hydroxylation is 2. The van der Waals surface area contributed by atoms with Gasteiger partial charge in [0.15, 0.2) is 11.0 Å². The van der Waals surface area contributed by atoms with Crippen LogP contribution in [-0.4, -0.2) is 26.4 Å². The second kappa shape index (κ2) is 8.33. The van der Waals surface area contributed by atoms with Crippen LogP contribution in [0.3, 0.4) is 0 Å². The first-order valence-corrected chi connectivity index (χ1v) is 9.94. The molecule has 27 heavy (non-hydrogen) atoms. The standard InChI is InChI=1S/C19H18Cl2N4OS/c1-11-4-6-14(8-12(11)2)22-17(26)10-27-19-24-23-18(25(19)3)13-5-7-15(20)16(21)9-13/h4-9H,10H2,1-3H3,(H,22,26). The summed E-state index contributed by atoms with van der Waals surface area (Å²) in [6, 6.07) is 11.1. The predicted octanol–water partition coefficient (Wildman–Crippen LogP) is 5.14. The van der Waals surface area contributed by atoms with Crippen molar-refractivity contribution >= 4 is 46.6 Å². The number of amides is 1. The molecular formula is C19H18Cl2N4OS. The van der Waals surface area contributed by atoms with Gasteiger partial charge < -0.3 is 9.88 Å². The normalized spacial score (nSPS) is 10.9. The summed E-state index contributed by atoms with van der Waals surface area (Å²) in [6.45, 7) is 4.06. The zero-order valence-electron chi connectivity index (χ0n) is 15.1. The van der Waals surface area contributed by atoms with E-state index in [4.69, 9.17) is 23.2 Å². The lowest BCUT2D eigenvalue weighted by atomic mass is 10.1. The number of nitrogens with zero attached hydrogens (tertiary/aromatic N) is 3. The van der Waals surface area contributed by atoms with Gasteiger partial charge in [0.05, 0.1) is 15.8 Å². The molecule has 8 heteroatoms. The summed E-state index contributed by atoms with van der Waals surface area (Å²) in [6.07, 6.45) is 0. The number of hydrogen-bond acceptors (Lipinski definition) is 4. The highest BCUT2D eigenvalue weighted by Gasteiger charge is 2.14. The summed E-state index contributed by atoms with van der Waals surface area (Å²) >= 11 is 13.4. The molecule has 0 saturated carbocycles. The van der Waals surface area contributed by atoms with E-state index in [2.05, 4.69) is 15.5 Å². The maximum atomic E-state index is 12.2. The van der Waals surface area contributed by atoms with Crippen LogP contribution in [0.1, 0.15) is 11.1 Å². The van der Waals surface area contributed by atoms with Crippen molar-refractivity contribution in [2.24, 2.45) is 7.05 Å². The Labute approximate surface area is 172 Å². The molecule has 0 radical (unpaired) electrons. The van der Waals surface area contributed by atoms with Gasteiger partial charge in [0, 0.05) is 18.3 Å². The summed E-state index contributed by atoms with van der Waals surface area (Å²) in [5, 5.41) is 12.9. The fraction of sp³-hybridized carbons (Fsp3) is 0.211. The molecule has 1 aromatic heterocycles. The number of hydrogen-bond donors (Lipinski definition) is 1. The molecule has 0 bridgehead atoms. The second-order valence-corrected chi connectivity index (χ2v) is 7.89. The first-order chi connectivity index (χ1) is 12.8. The quantitative estimate of drug-likeness (QED) is 0.580. The summed E-state index contributed by atoms with van der Waals surface area (Å²) in [7, 11) is 1.85. The summed E-state index contributed by atoms with van der Waals surface area (Å²) in [4.78, 5) is 12.2. The highest BCUT2D eigenvalue weighted by atomic mass is 35.5. The van der Waals surface area contributed by atoms with E-state index in [1.807, 2.05) is 49.7 Å². The molecule has 0 aliphatic rings. The van der Waals surface area contributed by atoms with Crippen LogP contribution in [0.4, 0.5) is 5.69 Å². The van der Waals surface area contributed by atoms with Crippen molar-refractivity contribution < 1.29 is 4.79 Å². The maximum Gasteiger partial charge on any atom is 0.234 e. The average Bonchev–Trinajstić information content (AvgIpc) is 2.99. The van der Waals surface area contributed by atoms with E-state index in [1.54, 1.807) is 12.1 Å². The Morgan fingerprint density at radius 1 is 1.07 bits per heavy atom. The fourth-order valence-corrected chi connectivity index (χ4v) is 3.48. The third kappa shape index (κ3) is 4.64. The number of anilines is 1. The molecule has 140 valence electrons. The topological polar surface area (TPSA) is 59.8 Å². The highest BCUT2D eigenvalue weighted by Crippen LogP contribution is 2.29. The third-order valence-electron chi connectivity index (χ3n) is 4.14. The first-order valence-electron chi connectivity index (χ1n) is 8.20. The van der Waals surface area contributed by atoms with E-state index in [1.165, 1.54) is 17.3 Å². The average molecular weight is 421 g/mol. The Morgan fingerprint density at radius 2 is 1.85 bits per heavy atom. The van der Waals surface area contributed by atoms with Gasteiger partial charge in [-0.25, -0.2) is 0 Å². The molecular weight excluding hydrogens is 403 g/mol. The Hall–Kier alpha value is -2.02. The highest BCUT2D eigenvalue weighted by molar-refractivity contribution is 7.99. The molecule has 3 aromatic rings. The van der Waals surface area contributed by atoms with Gasteiger partial charge in [0.2, 0.25) is 5.91 Å². The van der Waals surface area contributed by atoms with Crippen LogP contribution in [0, 0.1) is 13.8 Å². The van der Waals surface area contributed by atoms with Gasteiger partial charge in [-0.05, 0) is 55.3 Å². The molecule has 0 unspecified atom stereocenters. The van der Waals surface area contributed by atoms with Gasteiger partial charge in [-0.2, -0.15) is 0 Å². The molecule has 1 amide bonds. The summed E-state index contributed by atoms with van der Waals surface area (Å²) in [5.74, 6) is 0.799. The lowest BCUT2D eigenvalue weighted by Crippen LogP contribution is -2.14. The number of nitrogens with one attached hydrogen (secondary N) is 1. The lowest BCUT2D eigenvalue weighted by Gasteiger charge is -2.08. The molecule has 1 heterocycles. The largest absolute Gasteiger partial charge is 0.325 e. The molecule has 0 aliphatic heterocycles. The minimum absolute atomic E-state index is 0.0951. The van der Waals surface area contributed by atoms with Crippen molar-refractivity contribution in [2.75, 3.05) is 11.1 Å². The molecule has 0 spiro atoms. The van der Waals surface area contributed by atoms with E-state index in [9.17, 15) is 4.79 Å². The molecule has 5 nitrogen and oxygen atoms in total. The van der Waals surface area contributed by atoms with Crippen molar-refractivity contribution in [1.29, 1.82) is 0 Å². The second-order valence-electron chi connectivity index (χ2n) is 6.13. The van der Waals surface area contributed by atoms with Gasteiger partial charge in [-0.15, -0.1) is 10.2 Å². The van der Waals surface area contributed by atoms with Gasteiger partial charge in [0.25, 0.3) is 0 Å². The van der Waals surface area contributed by atoms with Crippen LogP contribution in [0.5, 0.6) is 0 Å². The minimum Gasteiger partial charge on any atom is -0.325 e. The Balaban J connectivity index is 1.66. The van der Waals surface area contributed by atoms with Gasteiger partial charge >= 0.3 is 0 Å².